The molecule has 2 heterocycles. The van der Waals surface area contributed by atoms with Gasteiger partial charge in [-0.25, -0.2) is 13.2 Å². The summed E-state index contributed by atoms with van der Waals surface area (Å²) in [5.41, 5.74) is 0. The fourth-order valence-electron chi connectivity index (χ4n) is 2.82. The number of nitrogens with zero attached hydrogens (tertiary/aromatic N) is 2. The van der Waals surface area contributed by atoms with Gasteiger partial charge in [-0.05, 0) is 13.8 Å². The minimum absolute atomic E-state index is 0.0259. The van der Waals surface area contributed by atoms with Gasteiger partial charge < -0.3 is 19.7 Å². The molecule has 2 rings (SSSR count). The summed E-state index contributed by atoms with van der Waals surface area (Å²) in [4.78, 5) is 13.8. The zero-order valence-corrected chi connectivity index (χ0v) is 14.1. The Hall–Kier alpha value is -0.900. The minimum atomic E-state index is -3.39. The predicted molar refractivity (Wildman–Crippen MR) is 81.1 cm³/mol. The van der Waals surface area contributed by atoms with E-state index in [9.17, 15) is 13.2 Å². The number of sulfonamides is 1. The van der Waals surface area contributed by atoms with E-state index in [0.29, 0.717) is 19.7 Å². The summed E-state index contributed by atoms with van der Waals surface area (Å²) in [7, 11) is -1.85. The van der Waals surface area contributed by atoms with Crippen LogP contribution < -0.4 is 5.32 Å². The second kappa shape index (κ2) is 7.12. The van der Waals surface area contributed by atoms with E-state index in [0.717, 1.165) is 0 Å². The average molecular weight is 335 g/mol. The van der Waals surface area contributed by atoms with E-state index in [-0.39, 0.29) is 43.1 Å². The van der Waals surface area contributed by atoms with Crippen molar-refractivity contribution in [3.63, 3.8) is 0 Å². The first-order chi connectivity index (χ1) is 10.3. The van der Waals surface area contributed by atoms with Gasteiger partial charge in [0, 0.05) is 26.2 Å². The Morgan fingerprint density at radius 3 is 2.77 bits per heavy atom. The fourth-order valence-corrected chi connectivity index (χ4v) is 4.32. The van der Waals surface area contributed by atoms with E-state index >= 15 is 0 Å². The Morgan fingerprint density at radius 1 is 1.41 bits per heavy atom. The minimum Gasteiger partial charge on any atom is -0.383 e. The molecular formula is C13H25N3O5S. The highest BCUT2D eigenvalue weighted by atomic mass is 32.2. The molecule has 0 aliphatic carbocycles. The van der Waals surface area contributed by atoms with Crippen molar-refractivity contribution in [2.45, 2.75) is 32.0 Å². The zero-order chi connectivity index (χ0) is 16.3. The number of rotatable bonds is 4. The van der Waals surface area contributed by atoms with Gasteiger partial charge in [0.25, 0.3) is 0 Å². The van der Waals surface area contributed by atoms with Crippen molar-refractivity contribution >= 4 is 16.1 Å². The van der Waals surface area contributed by atoms with Crippen LogP contribution in [0.5, 0.6) is 0 Å². The third-order valence-electron chi connectivity index (χ3n) is 3.85. The van der Waals surface area contributed by atoms with Gasteiger partial charge in [-0.15, -0.1) is 0 Å². The van der Waals surface area contributed by atoms with E-state index in [1.807, 2.05) is 13.8 Å². The number of amides is 2. The van der Waals surface area contributed by atoms with Crippen molar-refractivity contribution in [2.24, 2.45) is 0 Å². The molecule has 0 unspecified atom stereocenters. The predicted octanol–water partition coefficient (Wildman–Crippen LogP) is -0.534. The highest BCUT2D eigenvalue weighted by Gasteiger charge is 2.45. The van der Waals surface area contributed by atoms with E-state index in [1.165, 1.54) is 11.4 Å². The molecule has 2 atom stereocenters. The Morgan fingerprint density at radius 2 is 2.14 bits per heavy atom. The summed E-state index contributed by atoms with van der Waals surface area (Å²) in [6.45, 7) is 5.28. The van der Waals surface area contributed by atoms with Gasteiger partial charge in [-0.1, -0.05) is 0 Å². The van der Waals surface area contributed by atoms with Crippen LogP contribution in [-0.4, -0.2) is 87.6 Å². The normalized spacial score (nSPS) is 28.5. The number of urea groups is 1. The maximum absolute atomic E-state index is 12.4. The number of carbonyl (C=O) groups is 1. The Labute approximate surface area is 131 Å². The lowest BCUT2D eigenvalue weighted by atomic mass is 10.2. The molecule has 2 fully saturated rings. The maximum Gasteiger partial charge on any atom is 0.317 e. The van der Waals surface area contributed by atoms with Crippen molar-refractivity contribution in [2.75, 3.05) is 45.7 Å². The first-order valence-electron chi connectivity index (χ1n) is 7.50. The number of fused-ring (bicyclic) bond motifs is 1. The molecule has 2 saturated heterocycles. The van der Waals surface area contributed by atoms with Gasteiger partial charge in [0.2, 0.25) is 10.0 Å². The molecule has 0 aromatic rings. The molecule has 2 aliphatic rings. The molecule has 0 spiro atoms. The molecule has 1 N–H and O–H groups in total. The van der Waals surface area contributed by atoms with Crippen LogP contribution in [0.4, 0.5) is 4.79 Å². The first-order valence-corrected chi connectivity index (χ1v) is 9.11. The van der Waals surface area contributed by atoms with Crippen LogP contribution in [0, 0.1) is 0 Å². The molecule has 0 radical (unpaired) electrons. The lowest BCUT2D eigenvalue weighted by Gasteiger charge is -2.27. The summed E-state index contributed by atoms with van der Waals surface area (Å²) < 4.78 is 36.9. The molecule has 9 heteroatoms. The number of hydrogen-bond acceptors (Lipinski definition) is 5. The summed E-state index contributed by atoms with van der Waals surface area (Å²) >= 11 is 0. The van der Waals surface area contributed by atoms with Crippen molar-refractivity contribution < 1.29 is 22.7 Å². The van der Waals surface area contributed by atoms with Gasteiger partial charge in [-0.3, -0.25) is 0 Å². The largest absolute Gasteiger partial charge is 0.383 e. The van der Waals surface area contributed by atoms with Crippen molar-refractivity contribution in [1.29, 1.82) is 0 Å². The topological polar surface area (TPSA) is 88.2 Å². The second-order valence-electron chi connectivity index (χ2n) is 5.91. The monoisotopic (exact) mass is 335 g/mol. The summed E-state index contributed by atoms with van der Waals surface area (Å²) in [5, 5.41) is 2.83. The van der Waals surface area contributed by atoms with E-state index < -0.39 is 10.0 Å². The standard InChI is InChI=1S/C13H25N3O5S/c1-10(2)14-13(17)15-8-11-12(9-15)21-6-7-22(18,19)16(11)4-5-20-3/h10-12H,4-9H2,1-3H3,(H,14,17)/t11-,12+/m1/s1. The lowest BCUT2D eigenvalue weighted by molar-refractivity contribution is 0.0441. The fraction of sp³-hybridized carbons (Fsp3) is 0.923. The van der Waals surface area contributed by atoms with Crippen LogP contribution in [0.25, 0.3) is 0 Å². The zero-order valence-electron chi connectivity index (χ0n) is 13.3. The van der Waals surface area contributed by atoms with Crippen molar-refractivity contribution in [1.82, 2.24) is 14.5 Å². The van der Waals surface area contributed by atoms with Gasteiger partial charge >= 0.3 is 6.03 Å². The van der Waals surface area contributed by atoms with Crippen LogP contribution in [0.3, 0.4) is 0 Å². The van der Waals surface area contributed by atoms with Crippen molar-refractivity contribution in [3.8, 4) is 0 Å². The molecule has 128 valence electrons. The number of hydrogen-bond donors (Lipinski definition) is 1. The smallest absolute Gasteiger partial charge is 0.317 e. The van der Waals surface area contributed by atoms with E-state index in [2.05, 4.69) is 5.32 Å². The maximum atomic E-state index is 12.4. The molecule has 0 aromatic carbocycles. The van der Waals surface area contributed by atoms with Crippen LogP contribution in [0.15, 0.2) is 0 Å². The highest BCUT2D eigenvalue weighted by Crippen LogP contribution is 2.25. The Bertz CT molecular complexity index is 496. The number of methoxy groups -OCH3 is 1. The Balaban J connectivity index is 2.13. The lowest BCUT2D eigenvalue weighted by Crippen LogP contribution is -2.48. The van der Waals surface area contributed by atoms with Crippen LogP contribution in [-0.2, 0) is 19.5 Å². The summed E-state index contributed by atoms with van der Waals surface area (Å²) in [6.07, 6.45) is -0.285. The number of likely N-dealkylation sites (tertiary alicyclic amines) is 1. The quantitative estimate of drug-likeness (QED) is 0.746. The number of carbonyl (C=O) groups excluding carboxylic acids is 1. The molecule has 0 aromatic heterocycles. The molecule has 2 amide bonds. The van der Waals surface area contributed by atoms with Gasteiger partial charge in [0.1, 0.15) is 0 Å². The number of nitrogens with one attached hydrogen (secondary N) is 1. The van der Waals surface area contributed by atoms with Gasteiger partial charge in [-0.2, -0.15) is 4.31 Å². The van der Waals surface area contributed by atoms with E-state index in [4.69, 9.17) is 9.47 Å². The van der Waals surface area contributed by atoms with Gasteiger partial charge in [0.15, 0.2) is 0 Å². The Kier molecular flexibility index (Phi) is 5.65. The summed E-state index contributed by atoms with van der Waals surface area (Å²) in [5.74, 6) is -0.0259. The van der Waals surface area contributed by atoms with Crippen molar-refractivity contribution in [3.05, 3.63) is 0 Å². The van der Waals surface area contributed by atoms with E-state index in [1.54, 1.807) is 4.90 Å². The second-order valence-corrected chi connectivity index (χ2v) is 7.95. The summed E-state index contributed by atoms with van der Waals surface area (Å²) in [6, 6.07) is -0.497. The SMILES string of the molecule is COCCN1[C@@H]2CN(C(=O)NC(C)C)C[C@@H]2OCCS1(=O)=O. The number of ether oxygens (including phenoxy) is 2. The molecule has 2 aliphatic heterocycles. The van der Waals surface area contributed by atoms with Crippen LogP contribution in [0.2, 0.25) is 0 Å². The first kappa shape index (κ1) is 17.5. The molecule has 0 bridgehead atoms. The van der Waals surface area contributed by atoms with Gasteiger partial charge in [0.05, 0.1) is 37.7 Å². The molecule has 22 heavy (non-hydrogen) atoms. The highest BCUT2D eigenvalue weighted by molar-refractivity contribution is 7.89. The molecule has 0 saturated carbocycles. The van der Waals surface area contributed by atoms with Crippen LogP contribution >= 0.6 is 0 Å². The average Bonchev–Trinajstić information content (AvgIpc) is 2.77. The molecule has 8 nitrogen and oxygen atoms in total. The third-order valence-corrected chi connectivity index (χ3v) is 5.70. The van der Waals surface area contributed by atoms with Crippen LogP contribution in [0.1, 0.15) is 13.8 Å². The third kappa shape index (κ3) is 3.89. The molecular weight excluding hydrogens is 310 g/mol.